The van der Waals surface area contributed by atoms with Gasteiger partial charge < -0.3 is 10.1 Å². The van der Waals surface area contributed by atoms with Gasteiger partial charge in [-0.2, -0.15) is 0 Å². The largest absolute Gasteiger partial charge is 0.465 e. The predicted molar refractivity (Wildman–Crippen MR) is 80.5 cm³/mol. The second-order valence-corrected chi connectivity index (χ2v) is 5.96. The Morgan fingerprint density at radius 2 is 2.10 bits per heavy atom. The molecule has 1 aliphatic rings. The Morgan fingerprint density at radius 1 is 1.35 bits per heavy atom. The average Bonchev–Trinajstić information content (AvgIpc) is 2.95. The lowest BCUT2D eigenvalue weighted by Crippen LogP contribution is -2.40. The van der Waals surface area contributed by atoms with Crippen LogP contribution >= 0.6 is 0 Å². The maximum Gasteiger partial charge on any atom is 0.313 e. The minimum Gasteiger partial charge on any atom is -0.465 e. The molecule has 110 valence electrons. The molecule has 0 spiro atoms. The zero-order valence-corrected chi connectivity index (χ0v) is 12.5. The molecule has 3 heteroatoms. The van der Waals surface area contributed by atoms with Gasteiger partial charge in [-0.3, -0.25) is 4.79 Å². The van der Waals surface area contributed by atoms with Crippen molar-refractivity contribution in [2.75, 3.05) is 19.7 Å². The average molecular weight is 275 g/mol. The van der Waals surface area contributed by atoms with Crippen molar-refractivity contribution in [3.8, 4) is 0 Å². The third kappa shape index (κ3) is 3.40. The number of ether oxygens (including phenoxy) is 1. The molecule has 1 saturated heterocycles. The molecule has 0 aliphatic carbocycles. The zero-order chi connectivity index (χ0) is 14.4. The molecule has 2 rings (SSSR count). The van der Waals surface area contributed by atoms with E-state index in [1.165, 1.54) is 5.56 Å². The monoisotopic (exact) mass is 275 g/mol. The van der Waals surface area contributed by atoms with Crippen LogP contribution in [0.4, 0.5) is 0 Å². The van der Waals surface area contributed by atoms with Gasteiger partial charge in [0.25, 0.3) is 0 Å². The van der Waals surface area contributed by atoms with E-state index in [1.54, 1.807) is 0 Å². The third-order valence-corrected chi connectivity index (χ3v) is 4.39. The van der Waals surface area contributed by atoms with Crippen molar-refractivity contribution in [1.29, 1.82) is 0 Å². The number of esters is 1. The van der Waals surface area contributed by atoms with Crippen molar-refractivity contribution < 1.29 is 9.53 Å². The van der Waals surface area contributed by atoms with Gasteiger partial charge in [0.2, 0.25) is 0 Å². The maximum absolute atomic E-state index is 12.4. The van der Waals surface area contributed by atoms with Crippen LogP contribution in [-0.2, 0) is 16.0 Å². The highest BCUT2D eigenvalue weighted by Crippen LogP contribution is 2.35. The molecule has 1 heterocycles. The number of rotatable bonds is 6. The maximum atomic E-state index is 12.4. The summed E-state index contributed by atoms with van der Waals surface area (Å²) < 4.78 is 5.53. The fourth-order valence-electron chi connectivity index (χ4n) is 2.84. The van der Waals surface area contributed by atoms with E-state index in [-0.39, 0.29) is 11.4 Å². The molecule has 3 nitrogen and oxygen atoms in total. The molecule has 1 unspecified atom stereocenters. The molecule has 1 atom stereocenters. The number of nitrogens with one attached hydrogen (secondary N) is 1. The fraction of sp³-hybridized carbons (Fsp3) is 0.588. The van der Waals surface area contributed by atoms with Gasteiger partial charge in [-0.15, -0.1) is 0 Å². The molecule has 0 saturated carbocycles. The molecule has 1 aromatic rings. The number of carbonyl (C=O) groups is 1. The molecule has 20 heavy (non-hydrogen) atoms. The van der Waals surface area contributed by atoms with Crippen LogP contribution in [-0.4, -0.2) is 25.7 Å². The van der Waals surface area contributed by atoms with Gasteiger partial charge in [0.05, 0.1) is 12.0 Å². The second-order valence-electron chi connectivity index (χ2n) is 5.96. The highest BCUT2D eigenvalue weighted by Gasteiger charge is 2.45. The predicted octanol–water partition coefficient (Wildman–Crippen LogP) is 2.80. The van der Waals surface area contributed by atoms with Crippen molar-refractivity contribution in [1.82, 2.24) is 5.32 Å². The molecule has 0 radical (unpaired) electrons. The summed E-state index contributed by atoms with van der Waals surface area (Å²) in [5.74, 6) is 0.296. The molecule has 0 bridgehead atoms. The van der Waals surface area contributed by atoms with Crippen LogP contribution < -0.4 is 5.32 Å². The van der Waals surface area contributed by atoms with Crippen molar-refractivity contribution in [3.63, 3.8) is 0 Å². The van der Waals surface area contributed by atoms with Crippen molar-refractivity contribution in [2.24, 2.45) is 11.3 Å². The molecule has 1 aromatic carbocycles. The van der Waals surface area contributed by atoms with Crippen LogP contribution in [0.2, 0.25) is 0 Å². The van der Waals surface area contributed by atoms with Gasteiger partial charge in [-0.1, -0.05) is 44.2 Å². The normalized spacial score (nSPS) is 22.1. The van der Waals surface area contributed by atoms with E-state index in [2.05, 4.69) is 31.3 Å². The quantitative estimate of drug-likeness (QED) is 0.641. The number of aryl methyl sites for hydroxylation is 1. The smallest absolute Gasteiger partial charge is 0.313 e. The Labute approximate surface area is 121 Å². The van der Waals surface area contributed by atoms with Crippen LogP contribution in [0, 0.1) is 11.3 Å². The minimum atomic E-state index is -0.313. The standard InChI is InChI=1S/C17H25NO2/c1-14(2)17(10-11-18-13-17)16(19)20-12-6-9-15-7-4-3-5-8-15/h3-5,7-8,14,18H,6,9-13H2,1-2H3. The van der Waals surface area contributed by atoms with E-state index < -0.39 is 0 Å². The van der Waals surface area contributed by atoms with Crippen molar-refractivity contribution in [3.05, 3.63) is 35.9 Å². The molecule has 1 fully saturated rings. The summed E-state index contributed by atoms with van der Waals surface area (Å²) in [7, 11) is 0. The summed E-state index contributed by atoms with van der Waals surface area (Å²) in [6.07, 6.45) is 2.74. The molecule has 0 aromatic heterocycles. The highest BCUT2D eigenvalue weighted by molar-refractivity contribution is 5.78. The lowest BCUT2D eigenvalue weighted by molar-refractivity contribution is -0.157. The summed E-state index contributed by atoms with van der Waals surface area (Å²) in [6, 6.07) is 10.3. The first-order chi connectivity index (χ1) is 9.65. The van der Waals surface area contributed by atoms with Crippen molar-refractivity contribution in [2.45, 2.75) is 33.1 Å². The summed E-state index contributed by atoms with van der Waals surface area (Å²) >= 11 is 0. The number of hydrogen-bond acceptors (Lipinski definition) is 3. The summed E-state index contributed by atoms with van der Waals surface area (Å²) in [4.78, 5) is 12.4. The highest BCUT2D eigenvalue weighted by atomic mass is 16.5. The first kappa shape index (κ1) is 15.0. The number of benzene rings is 1. The summed E-state index contributed by atoms with van der Waals surface area (Å²) in [5.41, 5.74) is 0.983. The topological polar surface area (TPSA) is 38.3 Å². The van der Waals surface area contributed by atoms with E-state index >= 15 is 0 Å². The Bertz CT molecular complexity index is 422. The van der Waals surface area contributed by atoms with E-state index in [1.807, 2.05) is 18.2 Å². The first-order valence-corrected chi connectivity index (χ1v) is 7.57. The lowest BCUT2D eigenvalue weighted by atomic mass is 9.76. The van der Waals surface area contributed by atoms with Crippen molar-refractivity contribution >= 4 is 5.97 Å². The Balaban J connectivity index is 1.77. The van der Waals surface area contributed by atoms with E-state index in [4.69, 9.17) is 4.74 Å². The van der Waals surface area contributed by atoms with Crippen LogP contribution in [0.1, 0.15) is 32.3 Å². The van der Waals surface area contributed by atoms with E-state index in [9.17, 15) is 4.79 Å². The Kier molecular flexibility index (Phi) is 5.18. The van der Waals surface area contributed by atoms with Crippen LogP contribution in [0.3, 0.4) is 0 Å². The Hall–Kier alpha value is -1.35. The van der Waals surface area contributed by atoms with Crippen LogP contribution in [0.15, 0.2) is 30.3 Å². The lowest BCUT2D eigenvalue weighted by Gasteiger charge is -2.29. The Morgan fingerprint density at radius 3 is 2.70 bits per heavy atom. The van der Waals surface area contributed by atoms with Crippen LogP contribution in [0.25, 0.3) is 0 Å². The fourth-order valence-corrected chi connectivity index (χ4v) is 2.84. The minimum absolute atomic E-state index is 0.0226. The van der Waals surface area contributed by atoms with Gasteiger partial charge in [-0.05, 0) is 37.3 Å². The third-order valence-electron chi connectivity index (χ3n) is 4.39. The molecule has 1 aliphatic heterocycles. The van der Waals surface area contributed by atoms with Gasteiger partial charge in [-0.25, -0.2) is 0 Å². The first-order valence-electron chi connectivity index (χ1n) is 7.57. The van der Waals surface area contributed by atoms with Gasteiger partial charge in [0.15, 0.2) is 0 Å². The zero-order valence-electron chi connectivity index (χ0n) is 12.5. The SMILES string of the molecule is CC(C)C1(C(=O)OCCCc2ccccc2)CCNC1. The second kappa shape index (κ2) is 6.89. The number of carbonyl (C=O) groups excluding carboxylic acids is 1. The van der Waals surface area contributed by atoms with E-state index in [0.717, 1.165) is 32.4 Å². The number of hydrogen-bond donors (Lipinski definition) is 1. The molecule has 0 amide bonds. The molecule has 1 N–H and O–H groups in total. The summed E-state index contributed by atoms with van der Waals surface area (Å²) in [6.45, 7) is 6.40. The van der Waals surface area contributed by atoms with Crippen LogP contribution in [0.5, 0.6) is 0 Å². The van der Waals surface area contributed by atoms with Gasteiger partial charge >= 0.3 is 5.97 Å². The summed E-state index contributed by atoms with van der Waals surface area (Å²) in [5, 5.41) is 3.29. The van der Waals surface area contributed by atoms with Gasteiger partial charge in [0.1, 0.15) is 0 Å². The molecular weight excluding hydrogens is 250 g/mol. The molecular formula is C17H25NO2. The van der Waals surface area contributed by atoms with Gasteiger partial charge in [0, 0.05) is 6.54 Å². The van der Waals surface area contributed by atoms with E-state index in [0.29, 0.717) is 12.5 Å².